The zero-order valence-electron chi connectivity index (χ0n) is 40.8. The van der Waals surface area contributed by atoms with Crippen LogP contribution in [0.25, 0.3) is 22.6 Å². The van der Waals surface area contributed by atoms with Gasteiger partial charge in [0.25, 0.3) is 0 Å². The second kappa shape index (κ2) is 25.7. The van der Waals surface area contributed by atoms with Crippen LogP contribution in [0.5, 0.6) is 46.0 Å². The van der Waals surface area contributed by atoms with Crippen molar-refractivity contribution in [2.75, 3.05) is 47.1 Å². The lowest BCUT2D eigenvalue weighted by molar-refractivity contribution is -0.114. The topological polar surface area (TPSA) is 211 Å². The number of ether oxygens (including phenoxy) is 5. The van der Waals surface area contributed by atoms with E-state index in [4.69, 9.17) is 38.7 Å². The third-order valence-corrected chi connectivity index (χ3v) is 13.8. The molecule has 2 aliphatic heterocycles. The van der Waals surface area contributed by atoms with Crippen LogP contribution in [0.1, 0.15) is 52.5 Å². The highest BCUT2D eigenvalue weighted by atomic mass is 32.2. The Morgan fingerprint density at radius 1 is 0.743 bits per heavy atom. The van der Waals surface area contributed by atoms with Gasteiger partial charge in [-0.3, -0.25) is 19.6 Å². The minimum Gasteiger partial charge on any atom is -0.504 e. The van der Waals surface area contributed by atoms with Crippen LogP contribution in [0.3, 0.4) is 0 Å². The Morgan fingerprint density at radius 2 is 1.38 bits per heavy atom. The lowest BCUT2D eigenvalue weighted by Gasteiger charge is -2.24. The van der Waals surface area contributed by atoms with Crippen molar-refractivity contribution in [2.45, 2.75) is 43.5 Å². The van der Waals surface area contributed by atoms with E-state index < -0.39 is 0 Å². The molecule has 0 bridgehead atoms. The van der Waals surface area contributed by atoms with Gasteiger partial charge in [0.1, 0.15) is 13.2 Å². The number of methoxy groups -OCH3 is 2. The van der Waals surface area contributed by atoms with Crippen molar-refractivity contribution in [3.63, 3.8) is 0 Å². The quantitative estimate of drug-likeness (QED) is 0.0317. The number of amidine groups is 1. The van der Waals surface area contributed by atoms with Gasteiger partial charge in [-0.25, -0.2) is 4.98 Å². The van der Waals surface area contributed by atoms with Crippen molar-refractivity contribution in [3.8, 4) is 56.4 Å². The zero-order chi connectivity index (χ0) is 51.8. The minimum atomic E-state index is -0.198. The van der Waals surface area contributed by atoms with Crippen LogP contribution in [0.15, 0.2) is 143 Å². The number of phenolic OH excluding ortho intramolecular Hbond substituents is 4. The molecular weight excluding hydrogens is 981 g/mol. The number of hydrogen-bond acceptors (Lipinski definition) is 16. The van der Waals surface area contributed by atoms with Crippen LogP contribution >= 0.6 is 23.1 Å². The molecule has 5 aromatic carbocycles. The average molecular weight is 1040 g/mol. The molecule has 1 saturated heterocycles. The number of carbonyl (C=O) groups is 2. The first kappa shape index (κ1) is 52.5. The summed E-state index contributed by atoms with van der Waals surface area (Å²) in [5, 5.41) is 45.5. The summed E-state index contributed by atoms with van der Waals surface area (Å²) in [7, 11) is 2.95. The first-order chi connectivity index (χ1) is 36.0. The van der Waals surface area contributed by atoms with Gasteiger partial charge in [0.05, 0.1) is 50.7 Å². The molecule has 2 unspecified atom stereocenters. The van der Waals surface area contributed by atoms with Crippen LogP contribution in [0.2, 0.25) is 0 Å². The Kier molecular flexibility index (Phi) is 18.2. The van der Waals surface area contributed by atoms with Gasteiger partial charge in [-0.05, 0) is 126 Å². The number of thioether (sulfide) groups is 1. The number of nitrogens with one attached hydrogen (secondary N) is 1. The SMILES string of the molecule is COc1cc(/C=C/C(=O)Cc2cc(-c3ccc(O)c(OCCOc4cc(/C=C/C(=O)CC5=CC(c6ccc(O)c(OC)c6)SC(=NCC6CCCO6)N5)ccc4O)c3)sc(=NCCc3ccccc3)n2)ccc1O. The third kappa shape index (κ3) is 14.9. The lowest BCUT2D eigenvalue weighted by Crippen LogP contribution is -2.27. The summed E-state index contributed by atoms with van der Waals surface area (Å²) in [6.07, 6.45) is 11.0. The summed E-state index contributed by atoms with van der Waals surface area (Å²) < 4.78 is 28.2. The Balaban J connectivity index is 0.907. The highest BCUT2D eigenvalue weighted by Crippen LogP contribution is 2.40. The number of carbonyl (C=O) groups excluding carboxylic acids is 2. The highest BCUT2D eigenvalue weighted by molar-refractivity contribution is 8.14. The molecule has 3 heterocycles. The lowest BCUT2D eigenvalue weighted by atomic mass is 10.1. The fraction of sp³-hybridized carbons (Fsp3) is 0.246. The van der Waals surface area contributed by atoms with E-state index in [1.807, 2.05) is 48.5 Å². The maximum atomic E-state index is 13.4. The number of aromatic hydroxyl groups is 4. The third-order valence-electron chi connectivity index (χ3n) is 11.8. The van der Waals surface area contributed by atoms with E-state index in [-0.39, 0.29) is 83.5 Å². The van der Waals surface area contributed by atoms with Crippen LogP contribution < -0.4 is 29.1 Å². The highest BCUT2D eigenvalue weighted by Gasteiger charge is 2.24. The molecule has 5 N–H and O–H groups in total. The van der Waals surface area contributed by atoms with Gasteiger partial charge in [0.15, 0.2) is 62.7 Å². The molecule has 0 spiro atoms. The van der Waals surface area contributed by atoms with Gasteiger partial charge < -0.3 is 49.4 Å². The minimum absolute atomic E-state index is 0.000872. The summed E-state index contributed by atoms with van der Waals surface area (Å²) in [6.45, 7) is 1.72. The van der Waals surface area contributed by atoms with Crippen LogP contribution in [-0.4, -0.2) is 95.4 Å². The fourth-order valence-electron chi connectivity index (χ4n) is 7.91. The molecule has 0 radical (unpaired) electrons. The molecule has 8 rings (SSSR count). The number of nitrogens with zero attached hydrogens (tertiary/aromatic N) is 3. The van der Waals surface area contributed by atoms with Gasteiger partial charge in [-0.2, -0.15) is 0 Å². The summed E-state index contributed by atoms with van der Waals surface area (Å²) in [5.74, 6) is 0.484. The second-order valence-electron chi connectivity index (χ2n) is 17.2. The number of rotatable bonds is 22. The van der Waals surface area contributed by atoms with Crippen molar-refractivity contribution in [3.05, 3.63) is 166 Å². The van der Waals surface area contributed by atoms with Gasteiger partial charge in [-0.15, -0.1) is 0 Å². The predicted octanol–water partition coefficient (Wildman–Crippen LogP) is 9.54. The van der Waals surface area contributed by atoms with Gasteiger partial charge in [0, 0.05) is 23.7 Å². The fourth-order valence-corrected chi connectivity index (χ4v) is 9.96. The van der Waals surface area contributed by atoms with Crippen LogP contribution in [0, 0.1) is 0 Å². The summed E-state index contributed by atoms with van der Waals surface area (Å²) in [6, 6.07) is 31.6. The molecule has 2 atom stereocenters. The Bertz CT molecular complexity index is 3150. The molecule has 2 aliphatic rings. The molecule has 17 heteroatoms. The van der Waals surface area contributed by atoms with Crippen molar-refractivity contribution >= 4 is 52.0 Å². The van der Waals surface area contributed by atoms with Crippen molar-refractivity contribution in [2.24, 2.45) is 9.98 Å². The molecule has 1 fully saturated rings. The van der Waals surface area contributed by atoms with Crippen molar-refractivity contribution in [1.29, 1.82) is 0 Å². The molecule has 0 amide bonds. The number of ketones is 2. The summed E-state index contributed by atoms with van der Waals surface area (Å²) >= 11 is 2.85. The van der Waals surface area contributed by atoms with Gasteiger partial charge in [-0.1, -0.05) is 83.8 Å². The maximum Gasteiger partial charge on any atom is 0.205 e. The van der Waals surface area contributed by atoms with Gasteiger partial charge in [0.2, 0.25) is 4.80 Å². The number of aliphatic imine (C=N–C) groups is 1. The Hall–Kier alpha value is -7.86. The van der Waals surface area contributed by atoms with Crippen molar-refractivity contribution in [1.82, 2.24) is 10.3 Å². The number of benzene rings is 5. The van der Waals surface area contributed by atoms with E-state index in [9.17, 15) is 30.0 Å². The molecule has 0 aliphatic carbocycles. The number of hydrogen-bond donors (Lipinski definition) is 5. The molecular formula is C57H56N4O11S2. The zero-order valence-corrected chi connectivity index (χ0v) is 42.4. The average Bonchev–Trinajstić information content (AvgIpc) is 3.94. The van der Waals surface area contributed by atoms with E-state index in [0.717, 1.165) is 35.5 Å². The Morgan fingerprint density at radius 3 is 2.07 bits per heavy atom. The van der Waals surface area contributed by atoms with E-state index >= 15 is 0 Å². The smallest absolute Gasteiger partial charge is 0.205 e. The molecule has 6 aromatic rings. The standard InChI is InChI=1S/C57H56N4O11S2/c1-68-50-27-37(12-18-46(50)64)10-16-43(62)31-41-33-55(73-56(60-41)58-23-22-36-7-4-3-5-8-36)40-15-21-49(67)53(30-40)72-26-25-71-52-28-38(13-19-48(52)66)11-17-44(63)32-42-34-54(39-14-20-47(65)51(29-39)69-2)74-57(61-42)59-35-45-9-6-24-70-45/h3-5,7-8,10-21,27-30,33-34,45,54,64-67H,6,9,22-26,31-32,35H2,1-2H3,(H,59,61)/b16-10+,17-11+,58-56?. The van der Waals surface area contributed by atoms with E-state index in [1.54, 1.807) is 60.7 Å². The number of phenols is 4. The normalized spacial score (nSPS) is 16.3. The first-order valence-electron chi connectivity index (χ1n) is 23.9. The van der Waals surface area contributed by atoms with E-state index in [0.29, 0.717) is 69.1 Å². The molecule has 382 valence electrons. The number of aromatic nitrogens is 1. The van der Waals surface area contributed by atoms with Crippen LogP contribution in [0.4, 0.5) is 0 Å². The molecule has 74 heavy (non-hydrogen) atoms. The number of allylic oxidation sites excluding steroid dienone is 3. The van der Waals surface area contributed by atoms with Gasteiger partial charge >= 0.3 is 0 Å². The summed E-state index contributed by atoms with van der Waals surface area (Å²) in [4.78, 5) is 42.2. The van der Waals surface area contributed by atoms with E-state index in [2.05, 4.69) is 5.32 Å². The Labute approximate surface area is 436 Å². The molecule has 0 saturated carbocycles. The molecule has 15 nitrogen and oxygen atoms in total. The summed E-state index contributed by atoms with van der Waals surface area (Å²) in [5.41, 5.74) is 5.20. The second-order valence-corrected chi connectivity index (χ2v) is 19.3. The first-order valence-corrected chi connectivity index (χ1v) is 25.6. The predicted molar refractivity (Wildman–Crippen MR) is 287 cm³/mol. The monoisotopic (exact) mass is 1040 g/mol. The van der Waals surface area contributed by atoms with Crippen LogP contribution in [-0.2, 0) is 27.2 Å². The maximum absolute atomic E-state index is 13.4. The largest absolute Gasteiger partial charge is 0.504 e. The van der Waals surface area contributed by atoms with Crippen molar-refractivity contribution < 1.29 is 53.7 Å². The van der Waals surface area contributed by atoms with E-state index in [1.165, 1.54) is 67.7 Å². The molecule has 1 aromatic heterocycles.